The van der Waals surface area contributed by atoms with Crippen LogP contribution in [0.15, 0.2) is 12.1 Å². The number of nitrogens with one attached hydrogen (secondary N) is 1. The maximum Gasteiger partial charge on any atom is 0.254 e. The van der Waals surface area contributed by atoms with E-state index in [4.69, 9.17) is 4.74 Å². The van der Waals surface area contributed by atoms with Gasteiger partial charge in [-0.2, -0.15) is 0 Å². The number of likely N-dealkylation sites (tertiary alicyclic amines) is 1. The van der Waals surface area contributed by atoms with Crippen molar-refractivity contribution < 1.29 is 18.3 Å². The molecule has 1 fully saturated rings. The van der Waals surface area contributed by atoms with Crippen molar-refractivity contribution in [1.29, 1.82) is 0 Å². The minimum atomic E-state index is -0.744. The molecule has 1 aliphatic rings. The lowest BCUT2D eigenvalue weighted by Crippen LogP contribution is -2.40. The fourth-order valence-electron chi connectivity index (χ4n) is 2.52. The van der Waals surface area contributed by atoms with Gasteiger partial charge in [-0.05, 0) is 31.9 Å². The van der Waals surface area contributed by atoms with E-state index in [2.05, 4.69) is 5.32 Å². The molecule has 0 aliphatic carbocycles. The molecule has 6 heteroatoms. The summed E-state index contributed by atoms with van der Waals surface area (Å²) in [5.74, 6) is -1.83. The molecule has 1 heterocycles. The summed E-state index contributed by atoms with van der Waals surface area (Å²) in [6.45, 7) is 3.23. The van der Waals surface area contributed by atoms with Gasteiger partial charge in [0.2, 0.25) is 0 Å². The van der Waals surface area contributed by atoms with Gasteiger partial charge in [0.25, 0.3) is 5.91 Å². The number of carbonyl (C=O) groups excluding carboxylic acids is 1. The first-order valence-corrected chi connectivity index (χ1v) is 7.11. The fourth-order valence-corrected chi connectivity index (χ4v) is 2.52. The van der Waals surface area contributed by atoms with Crippen molar-refractivity contribution in [2.24, 2.45) is 0 Å². The predicted octanol–water partition coefficient (Wildman–Crippen LogP) is 2.65. The maximum absolute atomic E-state index is 13.8. The van der Waals surface area contributed by atoms with Gasteiger partial charge in [-0.1, -0.05) is 0 Å². The number of methoxy groups -OCH3 is 1. The number of anilines is 1. The van der Waals surface area contributed by atoms with Gasteiger partial charge >= 0.3 is 0 Å². The number of nitrogens with zero attached hydrogens (tertiary/aromatic N) is 1. The molecule has 1 aliphatic heterocycles. The molecule has 1 aromatic rings. The first-order chi connectivity index (χ1) is 10.1. The lowest BCUT2D eigenvalue weighted by Gasteiger charge is -2.31. The Morgan fingerprint density at radius 1 is 1.33 bits per heavy atom. The Balaban J connectivity index is 2.13. The predicted molar refractivity (Wildman–Crippen MR) is 76.5 cm³/mol. The van der Waals surface area contributed by atoms with Crippen molar-refractivity contribution in [3.63, 3.8) is 0 Å². The highest BCUT2D eigenvalue weighted by Gasteiger charge is 2.24. The van der Waals surface area contributed by atoms with E-state index < -0.39 is 11.6 Å². The van der Waals surface area contributed by atoms with E-state index in [1.807, 2.05) is 0 Å². The molecule has 1 aromatic carbocycles. The molecule has 1 N–H and O–H groups in total. The standard InChI is InChI=1S/C15H20F2N2O2/c1-3-18-14-12(16)8-10(9-13(14)17)15(20)19-6-4-11(21-2)5-7-19/h8-9,11,18H,3-7H2,1-2H3. The van der Waals surface area contributed by atoms with Gasteiger partial charge in [0.05, 0.1) is 6.10 Å². The fraction of sp³-hybridized carbons (Fsp3) is 0.533. The van der Waals surface area contributed by atoms with E-state index in [1.54, 1.807) is 18.9 Å². The maximum atomic E-state index is 13.8. The number of carbonyl (C=O) groups is 1. The largest absolute Gasteiger partial charge is 0.381 e. The zero-order chi connectivity index (χ0) is 15.4. The third-order valence-electron chi connectivity index (χ3n) is 3.71. The van der Waals surface area contributed by atoms with Crippen LogP contribution in [0.3, 0.4) is 0 Å². The third kappa shape index (κ3) is 3.50. The number of amides is 1. The van der Waals surface area contributed by atoms with E-state index in [0.29, 0.717) is 19.6 Å². The second kappa shape index (κ2) is 6.85. The highest BCUT2D eigenvalue weighted by molar-refractivity contribution is 5.94. The minimum Gasteiger partial charge on any atom is -0.381 e. The van der Waals surface area contributed by atoms with E-state index in [0.717, 1.165) is 25.0 Å². The Bertz CT molecular complexity index is 491. The topological polar surface area (TPSA) is 41.6 Å². The summed E-state index contributed by atoms with van der Waals surface area (Å²) < 4.78 is 32.9. The molecule has 1 amide bonds. The van der Waals surface area contributed by atoms with Crippen LogP contribution in [-0.2, 0) is 4.74 Å². The average Bonchev–Trinajstić information content (AvgIpc) is 2.50. The molecule has 21 heavy (non-hydrogen) atoms. The third-order valence-corrected chi connectivity index (χ3v) is 3.71. The quantitative estimate of drug-likeness (QED) is 0.929. The van der Waals surface area contributed by atoms with Crippen LogP contribution in [0.4, 0.5) is 14.5 Å². The van der Waals surface area contributed by atoms with Gasteiger partial charge in [-0.15, -0.1) is 0 Å². The summed E-state index contributed by atoms with van der Waals surface area (Å²) in [5.41, 5.74) is -0.144. The number of benzene rings is 1. The molecule has 0 unspecified atom stereocenters. The number of hydrogen-bond donors (Lipinski definition) is 1. The van der Waals surface area contributed by atoms with E-state index >= 15 is 0 Å². The van der Waals surface area contributed by atoms with Crippen LogP contribution in [0.25, 0.3) is 0 Å². The lowest BCUT2D eigenvalue weighted by molar-refractivity contribution is 0.0350. The second-order valence-corrected chi connectivity index (χ2v) is 5.07. The summed E-state index contributed by atoms with van der Waals surface area (Å²) in [6, 6.07) is 2.18. The van der Waals surface area contributed by atoms with Crippen molar-refractivity contribution in [3.05, 3.63) is 29.3 Å². The van der Waals surface area contributed by atoms with Crippen molar-refractivity contribution in [1.82, 2.24) is 4.90 Å². The first kappa shape index (κ1) is 15.7. The Morgan fingerprint density at radius 2 is 1.90 bits per heavy atom. The van der Waals surface area contributed by atoms with Gasteiger partial charge < -0.3 is 15.0 Å². The minimum absolute atomic E-state index is 0.0440. The van der Waals surface area contributed by atoms with E-state index in [-0.39, 0.29) is 23.3 Å². The smallest absolute Gasteiger partial charge is 0.254 e. The Morgan fingerprint density at radius 3 is 2.38 bits per heavy atom. The zero-order valence-corrected chi connectivity index (χ0v) is 12.3. The van der Waals surface area contributed by atoms with Gasteiger partial charge in [-0.3, -0.25) is 4.79 Å². The second-order valence-electron chi connectivity index (χ2n) is 5.07. The number of rotatable bonds is 4. The normalized spacial score (nSPS) is 16.1. The molecular weight excluding hydrogens is 278 g/mol. The van der Waals surface area contributed by atoms with Crippen LogP contribution in [0.1, 0.15) is 30.1 Å². The average molecular weight is 298 g/mol. The molecule has 0 bridgehead atoms. The molecule has 0 aromatic heterocycles. The SMILES string of the molecule is CCNc1c(F)cc(C(=O)N2CCC(OC)CC2)cc1F. The highest BCUT2D eigenvalue weighted by atomic mass is 19.1. The summed E-state index contributed by atoms with van der Waals surface area (Å²) in [6.07, 6.45) is 1.63. The molecular formula is C15H20F2N2O2. The molecule has 1 saturated heterocycles. The van der Waals surface area contributed by atoms with Crippen LogP contribution in [-0.4, -0.2) is 43.7 Å². The van der Waals surface area contributed by atoms with Gasteiger partial charge in [0.15, 0.2) is 0 Å². The number of piperidine rings is 1. The summed E-state index contributed by atoms with van der Waals surface area (Å²) in [4.78, 5) is 13.9. The van der Waals surface area contributed by atoms with Crippen LogP contribution in [0.2, 0.25) is 0 Å². The van der Waals surface area contributed by atoms with Gasteiger partial charge in [0.1, 0.15) is 17.3 Å². The van der Waals surface area contributed by atoms with Gasteiger partial charge in [-0.25, -0.2) is 8.78 Å². The lowest BCUT2D eigenvalue weighted by atomic mass is 10.1. The van der Waals surface area contributed by atoms with Crippen LogP contribution >= 0.6 is 0 Å². The first-order valence-electron chi connectivity index (χ1n) is 7.11. The van der Waals surface area contributed by atoms with Crippen molar-refractivity contribution in [2.45, 2.75) is 25.9 Å². The Labute approximate surface area is 123 Å². The summed E-state index contributed by atoms with van der Waals surface area (Å²) >= 11 is 0. The molecule has 2 rings (SSSR count). The van der Waals surface area contributed by atoms with Gasteiger partial charge in [0, 0.05) is 32.3 Å². The Kier molecular flexibility index (Phi) is 5.12. The monoisotopic (exact) mass is 298 g/mol. The molecule has 0 saturated carbocycles. The van der Waals surface area contributed by atoms with Crippen molar-refractivity contribution >= 4 is 11.6 Å². The zero-order valence-electron chi connectivity index (χ0n) is 12.3. The number of hydrogen-bond acceptors (Lipinski definition) is 3. The number of ether oxygens (including phenoxy) is 1. The van der Waals surface area contributed by atoms with Crippen LogP contribution < -0.4 is 5.32 Å². The Hall–Kier alpha value is -1.69. The van der Waals surface area contributed by atoms with Crippen LogP contribution in [0.5, 0.6) is 0 Å². The highest BCUT2D eigenvalue weighted by Crippen LogP contribution is 2.23. The van der Waals surface area contributed by atoms with Crippen LogP contribution in [0, 0.1) is 11.6 Å². The molecule has 4 nitrogen and oxygen atoms in total. The molecule has 116 valence electrons. The summed E-state index contributed by atoms with van der Waals surface area (Å²) in [5, 5.41) is 2.61. The van der Waals surface area contributed by atoms with Crippen molar-refractivity contribution in [2.75, 3.05) is 32.1 Å². The van der Waals surface area contributed by atoms with E-state index in [9.17, 15) is 13.6 Å². The molecule has 0 spiro atoms. The summed E-state index contributed by atoms with van der Waals surface area (Å²) in [7, 11) is 1.65. The van der Waals surface area contributed by atoms with E-state index in [1.165, 1.54) is 0 Å². The van der Waals surface area contributed by atoms with Crippen molar-refractivity contribution in [3.8, 4) is 0 Å². The number of halogens is 2. The molecule has 0 atom stereocenters. The molecule has 0 radical (unpaired) electrons.